The van der Waals surface area contributed by atoms with Crippen molar-refractivity contribution in [2.75, 3.05) is 25.2 Å². The molecule has 4 atom stereocenters. The minimum atomic E-state index is -0.952. The van der Waals surface area contributed by atoms with E-state index in [1.54, 1.807) is 7.11 Å². The number of amides is 2. The Bertz CT molecular complexity index is 1220. The smallest absolute Gasteiger partial charge is 0.270 e. The zero-order valence-electron chi connectivity index (χ0n) is 18.5. The summed E-state index contributed by atoms with van der Waals surface area (Å²) in [6.45, 7) is 0.633. The number of anilines is 1. The van der Waals surface area contributed by atoms with Crippen LogP contribution in [0.1, 0.15) is 22.3 Å². The van der Waals surface area contributed by atoms with Crippen LogP contribution in [0.4, 0.5) is 11.4 Å². The molecular weight excluding hydrogens is 438 g/mol. The molecule has 9 nitrogen and oxygen atoms in total. The highest BCUT2D eigenvalue weighted by Gasteiger charge is 2.63. The number of hydrogen-bond acceptors (Lipinski definition) is 7. The number of methoxy groups -OCH3 is 1. The van der Waals surface area contributed by atoms with Crippen molar-refractivity contribution < 1.29 is 24.0 Å². The van der Waals surface area contributed by atoms with Crippen LogP contribution in [0.25, 0.3) is 6.08 Å². The average Bonchev–Trinajstić information content (AvgIpc) is 3.32. The summed E-state index contributed by atoms with van der Waals surface area (Å²) < 4.78 is 5.06. The molecule has 2 aromatic carbocycles. The molecule has 5 rings (SSSR count). The van der Waals surface area contributed by atoms with Crippen LogP contribution in [-0.2, 0) is 14.3 Å². The summed E-state index contributed by atoms with van der Waals surface area (Å²) in [6.07, 6.45) is 4.30. The van der Waals surface area contributed by atoms with Crippen LogP contribution in [0.15, 0.2) is 54.6 Å². The molecule has 0 aliphatic carbocycles. The number of non-ortho nitro benzene ring substituents is 1. The van der Waals surface area contributed by atoms with Crippen molar-refractivity contribution in [3.63, 3.8) is 0 Å². The molecule has 0 spiro atoms. The van der Waals surface area contributed by atoms with Crippen molar-refractivity contribution in [3.8, 4) is 0 Å². The lowest BCUT2D eigenvalue weighted by Gasteiger charge is -2.36. The molecule has 3 aliphatic rings. The predicted molar refractivity (Wildman–Crippen MR) is 123 cm³/mol. The van der Waals surface area contributed by atoms with Crippen molar-refractivity contribution in [1.82, 2.24) is 4.90 Å². The number of likely N-dealkylation sites (tertiary alicyclic amines) is 1. The number of fused-ring (bicyclic) bond motifs is 5. The van der Waals surface area contributed by atoms with Gasteiger partial charge in [-0.05, 0) is 18.1 Å². The molecule has 0 radical (unpaired) electrons. The maximum Gasteiger partial charge on any atom is 0.270 e. The van der Waals surface area contributed by atoms with E-state index in [9.17, 15) is 24.5 Å². The van der Waals surface area contributed by atoms with E-state index in [0.29, 0.717) is 13.0 Å². The number of carbonyl (C=O) groups is 3. The van der Waals surface area contributed by atoms with Crippen LogP contribution in [0.5, 0.6) is 0 Å². The number of nitrogens with zero attached hydrogens (tertiary/aromatic N) is 3. The Kier molecular flexibility index (Phi) is 5.49. The van der Waals surface area contributed by atoms with Crippen LogP contribution in [0.3, 0.4) is 0 Å². The Morgan fingerprint density at radius 3 is 2.62 bits per heavy atom. The highest BCUT2D eigenvalue weighted by atomic mass is 16.6. The monoisotopic (exact) mass is 461 g/mol. The molecule has 9 heteroatoms. The van der Waals surface area contributed by atoms with Gasteiger partial charge in [0, 0.05) is 43.6 Å². The minimum Gasteiger partial charge on any atom is -0.385 e. The molecule has 0 N–H and O–H groups in total. The number of rotatable bonds is 7. The van der Waals surface area contributed by atoms with Crippen LogP contribution in [0.2, 0.25) is 0 Å². The standard InChI is InChI=1S/C25H23N3O6/c1-34-13-5-12-26-24(30)20-19-11-10-15-6-2-3-9-18(15)27(19)22(21(20)25(26)31)23(29)16-7-4-8-17(14-16)28(32)33/h2-4,6-11,14,19-22H,5,12-13H2,1H3/t19-,20+,21-,22+/m1/s1. The topological polar surface area (TPSA) is 110 Å². The normalized spacial score (nSPS) is 24.7. The maximum absolute atomic E-state index is 13.9. The van der Waals surface area contributed by atoms with Gasteiger partial charge in [-0.1, -0.05) is 42.5 Å². The van der Waals surface area contributed by atoms with Gasteiger partial charge in [-0.3, -0.25) is 29.4 Å². The number of carbonyl (C=O) groups excluding carboxylic acids is 3. The molecular formula is C25H23N3O6. The number of para-hydroxylation sites is 1. The molecule has 0 aromatic heterocycles. The van der Waals surface area contributed by atoms with Crippen molar-refractivity contribution in [2.24, 2.45) is 11.8 Å². The number of benzene rings is 2. The Morgan fingerprint density at radius 2 is 1.85 bits per heavy atom. The molecule has 2 aromatic rings. The second kappa shape index (κ2) is 8.49. The minimum absolute atomic E-state index is 0.142. The van der Waals surface area contributed by atoms with Crippen LogP contribution in [0, 0.1) is 22.0 Å². The summed E-state index contributed by atoms with van der Waals surface area (Å²) in [4.78, 5) is 54.6. The lowest BCUT2D eigenvalue weighted by molar-refractivity contribution is -0.384. The lowest BCUT2D eigenvalue weighted by Crippen LogP contribution is -2.48. The summed E-state index contributed by atoms with van der Waals surface area (Å²) in [7, 11) is 1.55. The number of nitro groups is 1. The molecule has 174 valence electrons. The highest BCUT2D eigenvalue weighted by molar-refractivity contribution is 6.14. The van der Waals surface area contributed by atoms with E-state index in [4.69, 9.17) is 4.74 Å². The van der Waals surface area contributed by atoms with Gasteiger partial charge in [0.15, 0.2) is 5.78 Å². The first kappa shape index (κ1) is 22.0. The Morgan fingerprint density at radius 1 is 1.09 bits per heavy atom. The quantitative estimate of drug-likeness (QED) is 0.205. The van der Waals surface area contributed by atoms with E-state index in [-0.39, 0.29) is 29.6 Å². The van der Waals surface area contributed by atoms with E-state index in [0.717, 1.165) is 11.3 Å². The fourth-order valence-electron chi connectivity index (χ4n) is 5.41. The number of nitro benzene ring substituents is 1. The van der Waals surface area contributed by atoms with Gasteiger partial charge in [0.2, 0.25) is 11.8 Å². The van der Waals surface area contributed by atoms with E-state index in [1.165, 1.54) is 29.2 Å². The van der Waals surface area contributed by atoms with Gasteiger partial charge in [0.25, 0.3) is 5.69 Å². The average molecular weight is 461 g/mol. The van der Waals surface area contributed by atoms with E-state index >= 15 is 0 Å². The fourth-order valence-corrected chi connectivity index (χ4v) is 5.41. The second-order valence-corrected chi connectivity index (χ2v) is 8.66. The lowest BCUT2D eigenvalue weighted by atomic mass is 9.86. The van der Waals surface area contributed by atoms with Crippen molar-refractivity contribution in [3.05, 3.63) is 75.8 Å². The van der Waals surface area contributed by atoms with E-state index in [1.807, 2.05) is 41.3 Å². The number of imide groups is 1. The molecule has 34 heavy (non-hydrogen) atoms. The van der Waals surface area contributed by atoms with Crippen LogP contribution < -0.4 is 4.90 Å². The van der Waals surface area contributed by atoms with Gasteiger partial charge in [-0.2, -0.15) is 0 Å². The van der Waals surface area contributed by atoms with Crippen molar-refractivity contribution in [2.45, 2.75) is 18.5 Å². The third-order valence-corrected chi connectivity index (χ3v) is 6.85. The Hall–Kier alpha value is -3.85. The third kappa shape index (κ3) is 3.31. The third-order valence-electron chi connectivity index (χ3n) is 6.85. The van der Waals surface area contributed by atoms with Gasteiger partial charge in [0.05, 0.1) is 22.8 Å². The summed E-state index contributed by atoms with van der Waals surface area (Å²) >= 11 is 0. The predicted octanol–water partition coefficient (Wildman–Crippen LogP) is 2.70. The van der Waals surface area contributed by atoms with E-state index in [2.05, 4.69) is 0 Å². The van der Waals surface area contributed by atoms with Crippen molar-refractivity contribution >= 4 is 35.0 Å². The first-order valence-electron chi connectivity index (χ1n) is 11.1. The Balaban J connectivity index is 1.59. The Labute approximate surface area is 195 Å². The SMILES string of the molecule is COCCCN1C(=O)[C@@H]2[C@@H](C1=O)[C@@H](C(=O)c1cccc([N+](=O)[O-])c1)N1c3ccccc3C=C[C@H]21. The van der Waals surface area contributed by atoms with Gasteiger partial charge in [0.1, 0.15) is 6.04 Å². The second-order valence-electron chi connectivity index (χ2n) is 8.66. The molecule has 0 bridgehead atoms. The van der Waals surface area contributed by atoms with Crippen LogP contribution >= 0.6 is 0 Å². The molecule has 3 heterocycles. The molecule has 0 unspecified atom stereocenters. The van der Waals surface area contributed by atoms with Gasteiger partial charge in [-0.25, -0.2) is 0 Å². The zero-order valence-corrected chi connectivity index (χ0v) is 18.5. The number of hydrogen-bond donors (Lipinski definition) is 0. The summed E-state index contributed by atoms with van der Waals surface area (Å²) in [6, 6.07) is 11.6. The zero-order chi connectivity index (χ0) is 24.0. The molecule has 2 saturated heterocycles. The number of ether oxygens (including phenoxy) is 1. The molecule has 2 fully saturated rings. The summed E-state index contributed by atoms with van der Waals surface area (Å²) in [5.74, 6) is -2.66. The number of Topliss-reactive ketones (excluding diaryl/α,β-unsaturated/α-hetero) is 1. The summed E-state index contributed by atoms with van der Waals surface area (Å²) in [5.41, 5.74) is 1.58. The van der Waals surface area contributed by atoms with Crippen LogP contribution in [-0.4, -0.2) is 59.8 Å². The molecule has 0 saturated carbocycles. The highest BCUT2D eigenvalue weighted by Crippen LogP contribution is 2.49. The number of ketones is 1. The van der Waals surface area contributed by atoms with Gasteiger partial charge < -0.3 is 9.64 Å². The van der Waals surface area contributed by atoms with Gasteiger partial charge >= 0.3 is 0 Å². The molecule has 2 amide bonds. The molecule has 3 aliphatic heterocycles. The van der Waals surface area contributed by atoms with Gasteiger partial charge in [-0.15, -0.1) is 0 Å². The maximum atomic E-state index is 13.9. The first-order valence-corrected chi connectivity index (χ1v) is 11.1. The largest absolute Gasteiger partial charge is 0.385 e. The van der Waals surface area contributed by atoms with E-state index < -0.39 is 34.6 Å². The fraction of sp³-hybridized carbons (Fsp3) is 0.320. The summed E-state index contributed by atoms with van der Waals surface area (Å²) in [5, 5.41) is 11.3. The first-order chi connectivity index (χ1) is 16.4. The van der Waals surface area contributed by atoms with Crippen molar-refractivity contribution in [1.29, 1.82) is 0 Å².